The van der Waals surface area contributed by atoms with Gasteiger partial charge in [-0.1, -0.05) is 50.2 Å². The smallest absolute Gasteiger partial charge is 0.254 e. The molecule has 6 N–H and O–H groups in total. The number of piperidine rings is 2. The predicted molar refractivity (Wildman–Crippen MR) is 253 cm³/mol. The molecule has 14 nitrogen and oxygen atoms in total. The molecular formula is C48H61N9O5S2. The number of hydrogen-bond acceptors (Lipinski definition) is 14. The van der Waals surface area contributed by atoms with Gasteiger partial charge in [-0.05, 0) is 112 Å². The van der Waals surface area contributed by atoms with Gasteiger partial charge in [-0.15, -0.1) is 32.9 Å². The maximum absolute atomic E-state index is 14.2. The highest BCUT2D eigenvalue weighted by atomic mass is 32.1. The molecule has 0 radical (unpaired) electrons. The van der Waals surface area contributed by atoms with E-state index in [-0.39, 0.29) is 29.5 Å². The lowest BCUT2D eigenvalue weighted by molar-refractivity contribution is -0.141. The molecule has 6 aromatic rings. The van der Waals surface area contributed by atoms with Gasteiger partial charge in [-0.25, -0.2) is 4.98 Å². The number of fused-ring (bicyclic) bond motifs is 3. The summed E-state index contributed by atoms with van der Waals surface area (Å²) in [6.07, 6.45) is 2.60. The third kappa shape index (κ3) is 9.57. The van der Waals surface area contributed by atoms with Gasteiger partial charge in [-0.3, -0.25) is 14.5 Å². The van der Waals surface area contributed by atoms with Gasteiger partial charge in [0.15, 0.2) is 5.76 Å². The van der Waals surface area contributed by atoms with Gasteiger partial charge in [0.2, 0.25) is 11.8 Å². The molecule has 2 amide bonds. The molecule has 2 bridgehead atoms. The van der Waals surface area contributed by atoms with Crippen LogP contribution < -0.4 is 21.5 Å². The Morgan fingerprint density at radius 1 is 1.00 bits per heavy atom. The second-order valence-electron chi connectivity index (χ2n) is 17.0. The van der Waals surface area contributed by atoms with Crippen molar-refractivity contribution in [1.29, 1.82) is 0 Å². The lowest BCUT2D eigenvalue weighted by Gasteiger charge is -2.53. The van der Waals surface area contributed by atoms with Gasteiger partial charge in [0.1, 0.15) is 29.1 Å². The number of carbonyl (C=O) groups excluding carboxylic acids is 2. The molecule has 1 saturated carbocycles. The Hall–Kier alpha value is -5.26. The first-order valence-corrected chi connectivity index (χ1v) is 23.9. The van der Waals surface area contributed by atoms with Crippen LogP contribution in [0.1, 0.15) is 85.4 Å². The molecule has 5 atom stereocenters. The van der Waals surface area contributed by atoms with E-state index in [2.05, 4.69) is 67.1 Å². The number of aromatic hydroxyl groups is 1. The number of phenols is 1. The Morgan fingerprint density at radius 2 is 1.73 bits per heavy atom. The highest BCUT2D eigenvalue weighted by molar-refractivity contribution is 7.19. The average molecular weight is 908 g/mol. The quantitative estimate of drug-likeness (QED) is 0.0884. The summed E-state index contributed by atoms with van der Waals surface area (Å²) in [5, 5.41) is 27.9. The average Bonchev–Trinajstić information content (AvgIpc) is 4.14. The van der Waals surface area contributed by atoms with Gasteiger partial charge in [-0.2, -0.15) is 0 Å². The molecule has 0 spiro atoms. The number of benzene rings is 2. The van der Waals surface area contributed by atoms with Crippen LogP contribution in [0.4, 0.5) is 0 Å². The SMILES string of the molecule is CN.CN.Cc1ncsc1-c1ccc([C@H](C)NC(=O)C2CCCN2C(=O)C(c2cc(OCCN3CC4CC(C3)C4c3sc4nnc(-c5ccccc5O)cc4c3C)no2)C(C)C)cc1. The van der Waals surface area contributed by atoms with E-state index in [0.717, 1.165) is 58.0 Å². The highest BCUT2D eigenvalue weighted by Gasteiger charge is 2.48. The first-order chi connectivity index (χ1) is 31.0. The number of carbonyl (C=O) groups is 2. The van der Waals surface area contributed by atoms with Crippen LogP contribution in [-0.4, -0.2) is 100.0 Å². The topological polar surface area (TPSA) is 199 Å². The predicted octanol–water partition coefficient (Wildman–Crippen LogP) is 7.66. The number of phenolic OH excluding ortho intramolecular Hbond substituents is 1. The zero-order valence-electron chi connectivity index (χ0n) is 37.8. The number of ether oxygens (including phenoxy) is 1. The first kappa shape index (κ1) is 46.7. The maximum atomic E-state index is 14.2. The molecule has 4 unspecified atom stereocenters. The maximum Gasteiger partial charge on any atom is 0.254 e. The number of likely N-dealkylation sites (tertiary alicyclic amines) is 1. The number of hydrogen-bond donors (Lipinski definition) is 4. The van der Waals surface area contributed by atoms with E-state index in [9.17, 15) is 14.7 Å². The lowest BCUT2D eigenvalue weighted by Crippen LogP contribution is -2.54. The van der Waals surface area contributed by atoms with E-state index in [0.29, 0.717) is 60.2 Å². The van der Waals surface area contributed by atoms with E-state index in [1.807, 2.05) is 63.5 Å². The van der Waals surface area contributed by atoms with Crippen molar-refractivity contribution in [3.05, 3.63) is 93.6 Å². The monoisotopic (exact) mass is 907 g/mol. The highest BCUT2D eigenvalue weighted by Crippen LogP contribution is 2.55. The van der Waals surface area contributed by atoms with Crippen molar-refractivity contribution >= 4 is 44.7 Å². The Bertz CT molecular complexity index is 2510. The fraction of sp³-hybridized carbons (Fsp3) is 0.458. The van der Waals surface area contributed by atoms with E-state index in [1.54, 1.807) is 39.7 Å². The molecular weight excluding hydrogens is 847 g/mol. The number of amides is 2. The van der Waals surface area contributed by atoms with Crippen LogP contribution in [-0.2, 0) is 9.59 Å². The van der Waals surface area contributed by atoms with E-state index in [4.69, 9.17) is 9.26 Å². The number of para-hydroxylation sites is 1. The number of rotatable bonds is 13. The van der Waals surface area contributed by atoms with Crippen LogP contribution in [0.2, 0.25) is 0 Å². The van der Waals surface area contributed by atoms with Crippen LogP contribution >= 0.6 is 22.7 Å². The van der Waals surface area contributed by atoms with Crippen molar-refractivity contribution in [2.24, 2.45) is 29.2 Å². The molecule has 4 aromatic heterocycles. The zero-order chi connectivity index (χ0) is 45.7. The van der Waals surface area contributed by atoms with Gasteiger partial charge in [0.25, 0.3) is 5.88 Å². The van der Waals surface area contributed by atoms with Gasteiger partial charge in [0.05, 0.1) is 27.8 Å². The van der Waals surface area contributed by atoms with Crippen LogP contribution in [0.5, 0.6) is 11.6 Å². The summed E-state index contributed by atoms with van der Waals surface area (Å²) < 4.78 is 11.9. The third-order valence-corrected chi connectivity index (χ3v) is 15.1. The molecule has 1 aliphatic carbocycles. The molecule has 4 fully saturated rings. The van der Waals surface area contributed by atoms with Crippen molar-refractivity contribution in [1.82, 2.24) is 35.5 Å². The largest absolute Gasteiger partial charge is 0.507 e. The molecule has 340 valence electrons. The summed E-state index contributed by atoms with van der Waals surface area (Å²) in [5.41, 5.74) is 16.6. The molecule has 7 heterocycles. The van der Waals surface area contributed by atoms with Gasteiger partial charge < -0.3 is 36.1 Å². The van der Waals surface area contributed by atoms with Crippen molar-refractivity contribution < 1.29 is 24.0 Å². The Kier molecular flexibility index (Phi) is 15.1. The van der Waals surface area contributed by atoms with Crippen molar-refractivity contribution in [3.8, 4) is 33.3 Å². The van der Waals surface area contributed by atoms with Crippen LogP contribution in [0.25, 0.3) is 31.9 Å². The second kappa shape index (κ2) is 20.7. The standard InChI is InChI=1S/C46H51N7O5S2.2CH5N/c1-25(2)40(46(56)53-16-8-10-36(53)44(55)48-27(4)29-12-14-30(15-13-29)43-28(5)47-24-59-43)38-21-39(51-58-38)57-18-17-52-22-31-19-32(23-52)41(31)42-26(3)34-20-35(49-50-45(34)60-42)33-9-6-7-11-37(33)54;2*1-2/h6-7,9,11-15,20-21,24-25,27,31-32,36,40-41,54H,8,10,16-19,22-23H2,1-5H3,(H,48,55);2*2H2,1H3/t27-,31?,32?,36?,40?,41?;;/m0../s1. The summed E-state index contributed by atoms with van der Waals surface area (Å²) in [6.45, 7) is 13.9. The molecule has 64 heavy (non-hydrogen) atoms. The number of nitrogens with zero attached hydrogens (tertiary/aromatic N) is 6. The molecule has 3 aliphatic heterocycles. The van der Waals surface area contributed by atoms with Crippen LogP contribution in [0.3, 0.4) is 0 Å². The fourth-order valence-electron chi connectivity index (χ4n) is 9.65. The number of thiophene rings is 1. The van der Waals surface area contributed by atoms with E-state index in [1.165, 1.54) is 31.0 Å². The van der Waals surface area contributed by atoms with E-state index < -0.39 is 12.0 Å². The van der Waals surface area contributed by atoms with Gasteiger partial charge in [0, 0.05) is 54.0 Å². The molecule has 3 saturated heterocycles. The van der Waals surface area contributed by atoms with Crippen LogP contribution in [0.15, 0.2) is 70.7 Å². The molecule has 2 aromatic carbocycles. The normalized spacial score (nSPS) is 20.1. The minimum atomic E-state index is -0.588. The summed E-state index contributed by atoms with van der Waals surface area (Å²) in [7, 11) is 3.00. The molecule has 10 rings (SSSR count). The van der Waals surface area contributed by atoms with Crippen molar-refractivity contribution in [3.63, 3.8) is 0 Å². The molecule has 4 aliphatic rings. The minimum absolute atomic E-state index is 0.0776. The Morgan fingerprint density at radius 3 is 2.42 bits per heavy atom. The summed E-state index contributed by atoms with van der Waals surface area (Å²) in [6, 6.07) is 18.5. The lowest BCUT2D eigenvalue weighted by atomic mass is 9.60. The second-order valence-corrected chi connectivity index (χ2v) is 18.9. The van der Waals surface area contributed by atoms with Crippen molar-refractivity contribution in [2.75, 3.05) is 46.9 Å². The van der Waals surface area contributed by atoms with Gasteiger partial charge >= 0.3 is 0 Å². The number of nitrogens with two attached hydrogens (primary N) is 2. The number of aryl methyl sites for hydroxylation is 2. The third-order valence-electron chi connectivity index (χ3n) is 12.8. The first-order valence-electron chi connectivity index (χ1n) is 22.2. The summed E-state index contributed by atoms with van der Waals surface area (Å²) >= 11 is 3.38. The van der Waals surface area contributed by atoms with Crippen LogP contribution in [0, 0.1) is 31.6 Å². The number of aromatic nitrogens is 4. The summed E-state index contributed by atoms with van der Waals surface area (Å²) in [4.78, 5) is 39.9. The minimum Gasteiger partial charge on any atom is -0.507 e. The Balaban J connectivity index is 0.00000149. The zero-order valence-corrected chi connectivity index (χ0v) is 39.4. The summed E-state index contributed by atoms with van der Waals surface area (Å²) in [5.74, 6) is 1.76. The van der Waals surface area contributed by atoms with Crippen molar-refractivity contribution in [2.45, 2.75) is 77.8 Å². The van der Waals surface area contributed by atoms with E-state index >= 15 is 0 Å². The number of thiazole rings is 1. The number of nitrogens with one attached hydrogen (secondary N) is 1. The molecule has 16 heteroatoms. The fourth-order valence-corrected chi connectivity index (χ4v) is 11.9. The Labute approximate surface area is 383 Å².